The summed E-state index contributed by atoms with van der Waals surface area (Å²) >= 11 is 13.2. The molecule has 7 nitrogen and oxygen atoms in total. The molecule has 0 radical (unpaired) electrons. The van der Waals surface area contributed by atoms with Gasteiger partial charge in [-0.2, -0.15) is 0 Å². The molecule has 2 amide bonds. The molecule has 1 saturated heterocycles. The van der Waals surface area contributed by atoms with Gasteiger partial charge in [0.1, 0.15) is 0 Å². The fourth-order valence-corrected chi connectivity index (χ4v) is 4.38. The van der Waals surface area contributed by atoms with Crippen LogP contribution in [0.15, 0.2) is 23.6 Å². The van der Waals surface area contributed by atoms with Gasteiger partial charge >= 0.3 is 0 Å². The number of nitrogens with one attached hydrogen (secondary N) is 2. The first-order valence-corrected chi connectivity index (χ1v) is 10.8. The van der Waals surface area contributed by atoms with Crippen LogP contribution in [0.2, 0.25) is 10.0 Å². The van der Waals surface area contributed by atoms with Crippen molar-refractivity contribution in [2.24, 2.45) is 0 Å². The Kier molecular flexibility index (Phi) is 7.48. The number of hydrogen-bond donors (Lipinski definition) is 2. The molecule has 0 bridgehead atoms. The topological polar surface area (TPSA) is 83.6 Å². The standard InChI is InChI=1S/C19H22Cl2N4O3S/c1-11-7-25(8-12(2)28-11)9-14-10-29-19(23-14)24-17(26)6-22-18(27)15-4-3-13(20)5-16(15)21/h3-5,10-12H,6-9H2,1-2H3,(H,22,27)(H,23,24,26). The number of nitrogens with zero attached hydrogens (tertiary/aromatic N) is 2. The zero-order chi connectivity index (χ0) is 21.0. The Hall–Kier alpha value is -1.71. The van der Waals surface area contributed by atoms with Gasteiger partial charge in [-0.1, -0.05) is 23.2 Å². The summed E-state index contributed by atoms with van der Waals surface area (Å²) < 4.78 is 5.74. The molecule has 29 heavy (non-hydrogen) atoms. The van der Waals surface area contributed by atoms with Crippen LogP contribution in [0.1, 0.15) is 29.9 Å². The van der Waals surface area contributed by atoms with E-state index in [1.54, 1.807) is 6.07 Å². The number of carbonyl (C=O) groups excluding carboxylic acids is 2. The second kappa shape index (κ2) is 9.86. The molecule has 2 heterocycles. The van der Waals surface area contributed by atoms with E-state index < -0.39 is 5.91 Å². The lowest BCUT2D eigenvalue weighted by atomic mass is 10.2. The number of aromatic nitrogens is 1. The quantitative estimate of drug-likeness (QED) is 0.695. The van der Waals surface area contributed by atoms with Gasteiger partial charge in [-0.15, -0.1) is 11.3 Å². The Labute approximate surface area is 183 Å². The van der Waals surface area contributed by atoms with Crippen molar-refractivity contribution in [3.05, 3.63) is 44.9 Å². The fraction of sp³-hybridized carbons (Fsp3) is 0.421. The molecule has 3 rings (SSSR count). The minimum Gasteiger partial charge on any atom is -0.373 e. The monoisotopic (exact) mass is 456 g/mol. The van der Waals surface area contributed by atoms with Crippen LogP contribution in [0.25, 0.3) is 0 Å². The highest BCUT2D eigenvalue weighted by molar-refractivity contribution is 7.13. The summed E-state index contributed by atoms with van der Waals surface area (Å²) in [6.45, 7) is 6.33. The van der Waals surface area contributed by atoms with Gasteiger partial charge in [0.25, 0.3) is 5.91 Å². The highest BCUT2D eigenvalue weighted by atomic mass is 35.5. The maximum absolute atomic E-state index is 12.2. The smallest absolute Gasteiger partial charge is 0.253 e. The number of amides is 2. The van der Waals surface area contributed by atoms with Crippen molar-refractivity contribution in [2.75, 3.05) is 25.0 Å². The molecule has 2 N–H and O–H groups in total. The lowest BCUT2D eigenvalue weighted by Crippen LogP contribution is -2.44. The summed E-state index contributed by atoms with van der Waals surface area (Å²) in [5.74, 6) is -0.810. The van der Waals surface area contributed by atoms with Gasteiger partial charge in [0.15, 0.2) is 5.13 Å². The van der Waals surface area contributed by atoms with E-state index in [1.165, 1.54) is 23.5 Å². The molecule has 1 aliphatic heterocycles. The van der Waals surface area contributed by atoms with E-state index in [2.05, 4.69) is 34.4 Å². The van der Waals surface area contributed by atoms with Crippen molar-refractivity contribution in [1.29, 1.82) is 0 Å². The third kappa shape index (κ3) is 6.38. The van der Waals surface area contributed by atoms with Crippen molar-refractivity contribution in [3.63, 3.8) is 0 Å². The number of carbonyl (C=O) groups is 2. The molecule has 1 fully saturated rings. The van der Waals surface area contributed by atoms with Crippen LogP contribution >= 0.6 is 34.5 Å². The Balaban J connectivity index is 1.48. The molecule has 0 spiro atoms. The van der Waals surface area contributed by atoms with Crippen LogP contribution in [0.3, 0.4) is 0 Å². The summed E-state index contributed by atoms with van der Waals surface area (Å²) in [6, 6.07) is 4.55. The summed E-state index contributed by atoms with van der Waals surface area (Å²) in [6.07, 6.45) is 0.378. The van der Waals surface area contributed by atoms with Crippen molar-refractivity contribution < 1.29 is 14.3 Å². The van der Waals surface area contributed by atoms with Gasteiger partial charge in [-0.25, -0.2) is 4.98 Å². The summed E-state index contributed by atoms with van der Waals surface area (Å²) in [4.78, 5) is 31.0. The number of ether oxygens (including phenoxy) is 1. The zero-order valence-corrected chi connectivity index (χ0v) is 18.4. The number of morpholine rings is 1. The van der Waals surface area contributed by atoms with Gasteiger partial charge in [0.2, 0.25) is 5.91 Å². The Morgan fingerprint density at radius 3 is 2.69 bits per heavy atom. The van der Waals surface area contributed by atoms with Crippen molar-refractivity contribution in [2.45, 2.75) is 32.6 Å². The molecule has 156 valence electrons. The molecule has 2 unspecified atom stereocenters. The van der Waals surface area contributed by atoms with Crippen LogP contribution in [0, 0.1) is 0 Å². The number of benzene rings is 1. The predicted molar refractivity (Wildman–Crippen MR) is 115 cm³/mol. The fourth-order valence-electron chi connectivity index (χ4n) is 3.17. The van der Waals surface area contributed by atoms with Crippen molar-refractivity contribution >= 4 is 51.5 Å². The number of rotatable bonds is 6. The van der Waals surface area contributed by atoms with Gasteiger partial charge in [0, 0.05) is 30.0 Å². The average Bonchev–Trinajstić information content (AvgIpc) is 3.05. The number of anilines is 1. The summed E-state index contributed by atoms with van der Waals surface area (Å²) in [5, 5.41) is 8.33. The minimum absolute atomic E-state index is 0.189. The van der Waals surface area contributed by atoms with E-state index in [-0.39, 0.29) is 35.2 Å². The molecular weight excluding hydrogens is 435 g/mol. The van der Waals surface area contributed by atoms with Crippen LogP contribution in [-0.4, -0.2) is 53.5 Å². The molecule has 10 heteroatoms. The highest BCUT2D eigenvalue weighted by Crippen LogP contribution is 2.21. The highest BCUT2D eigenvalue weighted by Gasteiger charge is 2.23. The molecule has 1 aromatic carbocycles. The Bertz CT molecular complexity index is 882. The Morgan fingerprint density at radius 2 is 2.00 bits per heavy atom. The molecule has 0 aliphatic carbocycles. The predicted octanol–water partition coefficient (Wildman–Crippen LogP) is 3.43. The normalized spacial score (nSPS) is 19.7. The van der Waals surface area contributed by atoms with E-state index in [0.717, 1.165) is 18.8 Å². The van der Waals surface area contributed by atoms with Gasteiger partial charge < -0.3 is 15.4 Å². The molecule has 1 aromatic heterocycles. The van der Waals surface area contributed by atoms with E-state index in [9.17, 15) is 9.59 Å². The van der Waals surface area contributed by atoms with Gasteiger partial charge in [-0.05, 0) is 32.0 Å². The van der Waals surface area contributed by atoms with Gasteiger partial charge in [0.05, 0.1) is 35.0 Å². The molecule has 2 atom stereocenters. The van der Waals surface area contributed by atoms with Crippen LogP contribution in [0.5, 0.6) is 0 Å². The van der Waals surface area contributed by atoms with Crippen molar-refractivity contribution in [3.8, 4) is 0 Å². The number of hydrogen-bond acceptors (Lipinski definition) is 6. The second-order valence-electron chi connectivity index (χ2n) is 6.95. The average molecular weight is 457 g/mol. The lowest BCUT2D eigenvalue weighted by Gasteiger charge is -2.34. The molecular formula is C19H22Cl2N4O3S. The van der Waals surface area contributed by atoms with E-state index in [4.69, 9.17) is 27.9 Å². The maximum atomic E-state index is 12.2. The molecule has 1 aliphatic rings. The third-order valence-corrected chi connectivity index (χ3v) is 5.62. The van der Waals surface area contributed by atoms with Crippen LogP contribution < -0.4 is 10.6 Å². The first-order chi connectivity index (χ1) is 13.8. The van der Waals surface area contributed by atoms with Crippen molar-refractivity contribution in [1.82, 2.24) is 15.2 Å². The largest absolute Gasteiger partial charge is 0.373 e. The minimum atomic E-state index is -0.447. The summed E-state index contributed by atoms with van der Waals surface area (Å²) in [7, 11) is 0. The van der Waals surface area contributed by atoms with E-state index >= 15 is 0 Å². The molecule has 0 saturated carbocycles. The van der Waals surface area contributed by atoms with E-state index in [1.807, 2.05) is 5.38 Å². The van der Waals surface area contributed by atoms with Crippen LogP contribution in [-0.2, 0) is 16.1 Å². The lowest BCUT2D eigenvalue weighted by molar-refractivity contribution is -0.115. The van der Waals surface area contributed by atoms with Crippen LogP contribution in [0.4, 0.5) is 5.13 Å². The second-order valence-corrected chi connectivity index (χ2v) is 8.65. The third-order valence-electron chi connectivity index (χ3n) is 4.26. The zero-order valence-electron chi connectivity index (χ0n) is 16.1. The number of halogens is 2. The maximum Gasteiger partial charge on any atom is 0.253 e. The summed E-state index contributed by atoms with van der Waals surface area (Å²) in [5.41, 5.74) is 1.15. The SMILES string of the molecule is CC1CN(Cc2csc(NC(=O)CNC(=O)c3ccc(Cl)cc3Cl)n2)CC(C)O1. The number of thiazole rings is 1. The van der Waals surface area contributed by atoms with E-state index in [0.29, 0.717) is 16.7 Å². The molecule has 2 aromatic rings. The Morgan fingerprint density at radius 1 is 1.28 bits per heavy atom. The first-order valence-electron chi connectivity index (χ1n) is 9.15. The first kappa shape index (κ1) is 22.0. The van der Waals surface area contributed by atoms with Gasteiger partial charge in [-0.3, -0.25) is 14.5 Å².